The van der Waals surface area contributed by atoms with Crippen LogP contribution in [0.2, 0.25) is 0 Å². The van der Waals surface area contributed by atoms with E-state index < -0.39 is 0 Å². The number of fused-ring (bicyclic) bond motifs is 1. The largest absolute Gasteiger partial charge is 0.348 e. The van der Waals surface area contributed by atoms with Crippen molar-refractivity contribution in [3.8, 4) is 0 Å². The van der Waals surface area contributed by atoms with Gasteiger partial charge in [0, 0.05) is 29.6 Å². The SMILES string of the molecule is Cc1cc2c(cn1)CNC2=O. The third kappa shape index (κ3) is 0.888. The van der Waals surface area contributed by atoms with Crippen molar-refractivity contribution in [2.45, 2.75) is 13.5 Å². The number of hydrogen-bond acceptors (Lipinski definition) is 2. The average Bonchev–Trinajstić information content (AvgIpc) is 2.33. The molecule has 0 fully saturated rings. The summed E-state index contributed by atoms with van der Waals surface area (Å²) >= 11 is 0. The number of nitrogens with one attached hydrogen (secondary N) is 1. The molecule has 56 valence electrons. The Hall–Kier alpha value is -1.38. The Morgan fingerprint density at radius 3 is 3.27 bits per heavy atom. The number of aromatic nitrogens is 1. The van der Waals surface area contributed by atoms with Crippen molar-refractivity contribution in [1.82, 2.24) is 10.3 Å². The molecule has 1 N–H and O–H groups in total. The maximum Gasteiger partial charge on any atom is 0.252 e. The third-order valence-electron chi connectivity index (χ3n) is 1.81. The third-order valence-corrected chi connectivity index (χ3v) is 1.81. The lowest BCUT2D eigenvalue weighted by Gasteiger charge is -1.94. The van der Waals surface area contributed by atoms with Gasteiger partial charge in [0.25, 0.3) is 5.91 Å². The fourth-order valence-electron chi connectivity index (χ4n) is 1.21. The van der Waals surface area contributed by atoms with E-state index in [0.29, 0.717) is 6.54 Å². The summed E-state index contributed by atoms with van der Waals surface area (Å²) in [5, 5.41) is 2.73. The van der Waals surface area contributed by atoms with Crippen LogP contribution in [0.3, 0.4) is 0 Å². The summed E-state index contributed by atoms with van der Waals surface area (Å²) in [5.74, 6) is 0.0190. The van der Waals surface area contributed by atoms with Crippen molar-refractivity contribution in [3.63, 3.8) is 0 Å². The highest BCUT2D eigenvalue weighted by Crippen LogP contribution is 2.14. The van der Waals surface area contributed by atoms with E-state index in [0.717, 1.165) is 16.8 Å². The van der Waals surface area contributed by atoms with Gasteiger partial charge >= 0.3 is 0 Å². The Morgan fingerprint density at radius 2 is 2.45 bits per heavy atom. The summed E-state index contributed by atoms with van der Waals surface area (Å²) < 4.78 is 0. The Morgan fingerprint density at radius 1 is 1.64 bits per heavy atom. The van der Waals surface area contributed by atoms with Crippen molar-refractivity contribution in [2.24, 2.45) is 0 Å². The van der Waals surface area contributed by atoms with Crippen LogP contribution < -0.4 is 5.32 Å². The quantitative estimate of drug-likeness (QED) is 0.586. The van der Waals surface area contributed by atoms with E-state index in [1.54, 1.807) is 6.20 Å². The van der Waals surface area contributed by atoms with Crippen LogP contribution >= 0.6 is 0 Å². The summed E-state index contributed by atoms with van der Waals surface area (Å²) in [6.45, 7) is 2.51. The maximum absolute atomic E-state index is 11.1. The molecule has 0 radical (unpaired) electrons. The molecule has 0 aliphatic carbocycles. The number of aryl methyl sites for hydroxylation is 1. The molecule has 0 saturated heterocycles. The maximum atomic E-state index is 11.1. The van der Waals surface area contributed by atoms with Gasteiger partial charge in [-0.3, -0.25) is 9.78 Å². The van der Waals surface area contributed by atoms with Crippen LogP contribution in [0.25, 0.3) is 0 Å². The Labute approximate surface area is 64.5 Å². The molecule has 1 aromatic rings. The molecule has 0 spiro atoms. The first-order valence-corrected chi connectivity index (χ1v) is 3.51. The second-order valence-electron chi connectivity index (χ2n) is 2.67. The first-order valence-electron chi connectivity index (χ1n) is 3.51. The van der Waals surface area contributed by atoms with Gasteiger partial charge in [-0.2, -0.15) is 0 Å². The summed E-state index contributed by atoms with van der Waals surface area (Å²) in [4.78, 5) is 15.2. The zero-order valence-corrected chi connectivity index (χ0v) is 6.22. The molecule has 0 atom stereocenters. The van der Waals surface area contributed by atoms with Crippen LogP contribution in [0.1, 0.15) is 21.6 Å². The molecule has 0 bridgehead atoms. The summed E-state index contributed by atoms with van der Waals surface area (Å²) in [6, 6.07) is 1.82. The van der Waals surface area contributed by atoms with Crippen LogP contribution in [-0.2, 0) is 6.54 Å². The van der Waals surface area contributed by atoms with Gasteiger partial charge < -0.3 is 5.32 Å². The van der Waals surface area contributed by atoms with Gasteiger partial charge in [0.1, 0.15) is 0 Å². The van der Waals surface area contributed by atoms with Gasteiger partial charge in [-0.25, -0.2) is 0 Å². The van der Waals surface area contributed by atoms with Crippen molar-refractivity contribution in [2.75, 3.05) is 0 Å². The Bertz CT molecular complexity index is 320. The monoisotopic (exact) mass is 148 g/mol. The molecule has 3 nitrogen and oxygen atoms in total. The molecule has 0 unspecified atom stereocenters. The van der Waals surface area contributed by atoms with Crippen LogP contribution in [0.4, 0.5) is 0 Å². The minimum atomic E-state index is 0.0190. The van der Waals surface area contributed by atoms with Crippen molar-refractivity contribution >= 4 is 5.91 Å². The number of nitrogens with zero attached hydrogens (tertiary/aromatic N) is 1. The molecule has 3 heteroatoms. The summed E-state index contributed by atoms with van der Waals surface area (Å²) in [7, 11) is 0. The minimum absolute atomic E-state index is 0.0190. The van der Waals surface area contributed by atoms with Crippen LogP contribution in [-0.4, -0.2) is 10.9 Å². The summed E-state index contributed by atoms with van der Waals surface area (Å²) in [5.41, 5.74) is 2.67. The number of carbonyl (C=O) groups is 1. The Kier molecular flexibility index (Phi) is 1.18. The molecule has 0 aromatic carbocycles. The van der Waals surface area contributed by atoms with E-state index in [4.69, 9.17) is 0 Å². The molecule has 2 rings (SSSR count). The van der Waals surface area contributed by atoms with Crippen molar-refractivity contribution in [1.29, 1.82) is 0 Å². The first kappa shape index (κ1) is 6.34. The fourth-order valence-corrected chi connectivity index (χ4v) is 1.21. The van der Waals surface area contributed by atoms with E-state index >= 15 is 0 Å². The lowest BCUT2D eigenvalue weighted by atomic mass is 10.1. The topological polar surface area (TPSA) is 42.0 Å². The lowest BCUT2D eigenvalue weighted by molar-refractivity contribution is 0.0965. The molecule has 11 heavy (non-hydrogen) atoms. The van der Waals surface area contributed by atoms with Crippen LogP contribution in [0.15, 0.2) is 12.3 Å². The zero-order valence-electron chi connectivity index (χ0n) is 6.22. The fraction of sp³-hybridized carbons (Fsp3) is 0.250. The molecule has 2 heterocycles. The van der Waals surface area contributed by atoms with Gasteiger partial charge in [0.05, 0.1) is 0 Å². The van der Waals surface area contributed by atoms with E-state index in [1.165, 1.54) is 0 Å². The van der Waals surface area contributed by atoms with E-state index in [2.05, 4.69) is 10.3 Å². The number of rotatable bonds is 0. The van der Waals surface area contributed by atoms with Gasteiger partial charge in [0.15, 0.2) is 0 Å². The second-order valence-corrected chi connectivity index (χ2v) is 2.67. The highest BCUT2D eigenvalue weighted by Gasteiger charge is 2.18. The van der Waals surface area contributed by atoms with E-state index in [1.807, 2.05) is 13.0 Å². The molecular weight excluding hydrogens is 140 g/mol. The number of hydrogen-bond donors (Lipinski definition) is 1. The number of amides is 1. The first-order chi connectivity index (χ1) is 5.27. The zero-order chi connectivity index (χ0) is 7.84. The van der Waals surface area contributed by atoms with Crippen LogP contribution in [0.5, 0.6) is 0 Å². The van der Waals surface area contributed by atoms with Crippen molar-refractivity contribution < 1.29 is 4.79 Å². The average molecular weight is 148 g/mol. The predicted octanol–water partition coefficient (Wildman–Crippen LogP) is 0.633. The van der Waals surface area contributed by atoms with Gasteiger partial charge in [-0.05, 0) is 13.0 Å². The molecule has 1 aromatic heterocycles. The van der Waals surface area contributed by atoms with Gasteiger partial charge in [0.2, 0.25) is 0 Å². The molecule has 1 amide bonds. The minimum Gasteiger partial charge on any atom is -0.348 e. The molecule has 1 aliphatic heterocycles. The Balaban J connectivity index is 2.60. The molecule has 1 aliphatic rings. The van der Waals surface area contributed by atoms with Gasteiger partial charge in [-0.15, -0.1) is 0 Å². The van der Waals surface area contributed by atoms with Gasteiger partial charge in [-0.1, -0.05) is 0 Å². The summed E-state index contributed by atoms with van der Waals surface area (Å²) in [6.07, 6.45) is 1.75. The standard InChI is InChI=1S/C8H8N2O/c1-5-2-7-6(3-9-5)4-10-8(7)11/h2-3H,4H2,1H3,(H,10,11). The molecular formula is C8H8N2O. The smallest absolute Gasteiger partial charge is 0.252 e. The van der Waals surface area contributed by atoms with Crippen molar-refractivity contribution in [3.05, 3.63) is 29.1 Å². The normalized spacial score (nSPS) is 14.5. The molecule has 0 saturated carbocycles. The number of pyridine rings is 1. The van der Waals surface area contributed by atoms with E-state index in [-0.39, 0.29) is 5.91 Å². The second kappa shape index (κ2) is 2.05. The predicted molar refractivity (Wildman–Crippen MR) is 40.1 cm³/mol. The van der Waals surface area contributed by atoms with E-state index in [9.17, 15) is 4.79 Å². The highest BCUT2D eigenvalue weighted by molar-refractivity contribution is 5.98. The highest BCUT2D eigenvalue weighted by atomic mass is 16.1. The number of carbonyl (C=O) groups excluding carboxylic acids is 1. The lowest BCUT2D eigenvalue weighted by Crippen LogP contribution is -2.12. The van der Waals surface area contributed by atoms with Crippen LogP contribution in [0, 0.1) is 6.92 Å².